The van der Waals surface area contributed by atoms with E-state index in [1.807, 2.05) is 0 Å². The highest BCUT2D eigenvalue weighted by atomic mass is 16.5. The smallest absolute Gasteiger partial charge is 0.306 e. The summed E-state index contributed by atoms with van der Waals surface area (Å²) in [5.41, 5.74) is 0. The van der Waals surface area contributed by atoms with Crippen LogP contribution in [0.2, 0.25) is 0 Å². The van der Waals surface area contributed by atoms with E-state index in [0.29, 0.717) is 19.3 Å². The number of hydrogen-bond donors (Lipinski definition) is 3. The molecule has 63 heavy (non-hydrogen) atoms. The van der Waals surface area contributed by atoms with Crippen molar-refractivity contribution >= 4 is 11.9 Å². The molecule has 3 unspecified atom stereocenters. The zero-order valence-corrected chi connectivity index (χ0v) is 43.0. The van der Waals surface area contributed by atoms with E-state index >= 15 is 0 Å². The summed E-state index contributed by atoms with van der Waals surface area (Å²) < 4.78 is 5.95. The third kappa shape index (κ3) is 47.2. The molecule has 6 nitrogen and oxygen atoms in total. The summed E-state index contributed by atoms with van der Waals surface area (Å²) >= 11 is 0. The van der Waals surface area contributed by atoms with Crippen LogP contribution in [0.3, 0.4) is 0 Å². The quantitative estimate of drug-likeness (QED) is 0.0418. The van der Waals surface area contributed by atoms with Crippen LogP contribution in [0.5, 0.6) is 0 Å². The van der Waals surface area contributed by atoms with Crippen LogP contribution in [-0.4, -0.2) is 46.9 Å². The van der Waals surface area contributed by atoms with Gasteiger partial charge in [0.05, 0.1) is 25.2 Å². The lowest BCUT2D eigenvalue weighted by molar-refractivity contribution is -0.151. The Morgan fingerprint density at radius 3 is 0.968 bits per heavy atom. The molecule has 0 rings (SSSR count). The predicted octanol–water partition coefficient (Wildman–Crippen LogP) is 17.5. The minimum atomic E-state index is -0.779. The second-order valence-electron chi connectivity index (χ2n) is 20.1. The number of aliphatic hydroxyl groups is 2. The Bertz CT molecular complexity index is 913. The summed E-state index contributed by atoms with van der Waals surface area (Å²) in [5, 5.41) is 23.8. The van der Waals surface area contributed by atoms with Crippen molar-refractivity contribution in [3.63, 3.8) is 0 Å². The first-order chi connectivity index (χ1) is 31.0. The molecule has 3 atom stereocenters. The SMILES string of the molecule is CCCCCCCCCCCCCCCCCCCCCC(=O)OC(CCCCCCCCCCCC)CC(=O)NC(CO)C(O)CCCCCCCCCCCCCCCCC. The molecule has 0 aromatic carbocycles. The third-order valence-corrected chi connectivity index (χ3v) is 13.7. The van der Waals surface area contributed by atoms with E-state index in [4.69, 9.17) is 4.74 Å². The molecule has 0 aromatic heterocycles. The van der Waals surface area contributed by atoms with Gasteiger partial charge in [-0.25, -0.2) is 0 Å². The molecular formula is C57H113NO5. The Balaban J connectivity index is 4.36. The zero-order valence-electron chi connectivity index (χ0n) is 43.0. The highest BCUT2D eigenvalue weighted by Crippen LogP contribution is 2.19. The second-order valence-corrected chi connectivity index (χ2v) is 20.1. The van der Waals surface area contributed by atoms with Crippen LogP contribution in [0.25, 0.3) is 0 Å². The van der Waals surface area contributed by atoms with Gasteiger partial charge >= 0.3 is 5.97 Å². The molecule has 1 amide bonds. The normalized spacial score (nSPS) is 13.0. The average molecular weight is 893 g/mol. The number of carbonyl (C=O) groups excluding carboxylic acids is 2. The predicted molar refractivity (Wildman–Crippen MR) is 274 cm³/mol. The number of amides is 1. The molecule has 0 aliphatic heterocycles. The standard InChI is InChI=1S/C57H113NO5/c1-4-7-10-13-16-19-22-24-26-27-28-29-31-33-35-38-41-44-47-50-57(62)63-53(48-45-42-39-36-21-18-15-12-9-6-3)51-56(61)58-54(52-59)55(60)49-46-43-40-37-34-32-30-25-23-20-17-14-11-8-5-2/h53-55,59-60H,4-52H2,1-3H3,(H,58,61). The van der Waals surface area contributed by atoms with Crippen LogP contribution in [0.4, 0.5) is 0 Å². The monoisotopic (exact) mass is 892 g/mol. The largest absolute Gasteiger partial charge is 0.462 e. The number of hydrogen-bond acceptors (Lipinski definition) is 5. The Morgan fingerprint density at radius 1 is 0.397 bits per heavy atom. The van der Waals surface area contributed by atoms with E-state index in [2.05, 4.69) is 26.1 Å². The maximum absolute atomic E-state index is 13.2. The molecule has 0 aromatic rings. The molecule has 0 fully saturated rings. The fraction of sp³-hybridized carbons (Fsp3) is 0.965. The van der Waals surface area contributed by atoms with Gasteiger partial charge in [0.2, 0.25) is 5.91 Å². The van der Waals surface area contributed by atoms with E-state index in [9.17, 15) is 19.8 Å². The molecule has 376 valence electrons. The molecule has 0 heterocycles. The van der Waals surface area contributed by atoms with Gasteiger partial charge in [0.1, 0.15) is 6.10 Å². The molecule has 6 heteroatoms. The van der Waals surface area contributed by atoms with Crippen molar-refractivity contribution in [2.45, 2.75) is 347 Å². The summed E-state index contributed by atoms with van der Waals surface area (Å²) in [4.78, 5) is 26.2. The van der Waals surface area contributed by atoms with Gasteiger partial charge in [-0.15, -0.1) is 0 Å². The molecule has 0 bridgehead atoms. The number of ether oxygens (including phenoxy) is 1. The topological polar surface area (TPSA) is 95.9 Å². The van der Waals surface area contributed by atoms with Crippen LogP contribution in [0.1, 0.15) is 329 Å². The maximum atomic E-state index is 13.2. The summed E-state index contributed by atoms with van der Waals surface area (Å²) in [6.07, 6.45) is 57.5. The van der Waals surface area contributed by atoms with Crippen LogP contribution < -0.4 is 5.32 Å². The molecule has 0 aliphatic rings. The van der Waals surface area contributed by atoms with Gasteiger partial charge in [0.25, 0.3) is 0 Å². The van der Waals surface area contributed by atoms with Gasteiger partial charge in [0, 0.05) is 6.42 Å². The number of unbranched alkanes of at least 4 members (excludes halogenated alkanes) is 41. The molecule has 0 radical (unpaired) electrons. The minimum Gasteiger partial charge on any atom is -0.462 e. The number of nitrogens with one attached hydrogen (secondary N) is 1. The number of rotatable bonds is 53. The van der Waals surface area contributed by atoms with Gasteiger partial charge in [-0.2, -0.15) is 0 Å². The summed E-state index contributed by atoms with van der Waals surface area (Å²) in [6.45, 7) is 6.52. The molecule has 0 saturated heterocycles. The second kappa shape index (κ2) is 51.8. The lowest BCUT2D eigenvalue weighted by atomic mass is 10.0. The van der Waals surface area contributed by atoms with Gasteiger partial charge in [-0.3, -0.25) is 9.59 Å². The van der Waals surface area contributed by atoms with Crippen molar-refractivity contribution in [3.05, 3.63) is 0 Å². The number of aliphatic hydroxyl groups excluding tert-OH is 2. The Kier molecular flexibility index (Phi) is 50.9. The van der Waals surface area contributed by atoms with Crippen LogP contribution in [-0.2, 0) is 14.3 Å². The van der Waals surface area contributed by atoms with Crippen molar-refractivity contribution in [2.24, 2.45) is 0 Å². The van der Waals surface area contributed by atoms with Crippen LogP contribution in [0.15, 0.2) is 0 Å². The van der Waals surface area contributed by atoms with E-state index in [1.54, 1.807) is 0 Å². The van der Waals surface area contributed by atoms with Crippen LogP contribution in [0, 0.1) is 0 Å². The van der Waals surface area contributed by atoms with Crippen molar-refractivity contribution in [2.75, 3.05) is 6.61 Å². The fourth-order valence-corrected chi connectivity index (χ4v) is 9.32. The van der Waals surface area contributed by atoms with Gasteiger partial charge in [-0.05, 0) is 25.7 Å². The summed E-state index contributed by atoms with van der Waals surface area (Å²) in [5.74, 6) is -0.447. The van der Waals surface area contributed by atoms with Crippen molar-refractivity contribution in [1.29, 1.82) is 0 Å². The highest BCUT2D eigenvalue weighted by Gasteiger charge is 2.24. The molecular weight excluding hydrogens is 779 g/mol. The molecule has 0 saturated carbocycles. The Labute approximate surface area is 394 Å². The van der Waals surface area contributed by atoms with E-state index < -0.39 is 18.2 Å². The average Bonchev–Trinajstić information content (AvgIpc) is 3.28. The van der Waals surface area contributed by atoms with Gasteiger partial charge in [-0.1, -0.05) is 290 Å². The van der Waals surface area contributed by atoms with E-state index in [1.165, 1.54) is 244 Å². The zero-order chi connectivity index (χ0) is 45.9. The minimum absolute atomic E-state index is 0.0878. The Hall–Kier alpha value is -1.14. The first-order valence-electron chi connectivity index (χ1n) is 28.8. The van der Waals surface area contributed by atoms with Gasteiger partial charge in [0.15, 0.2) is 0 Å². The fourth-order valence-electron chi connectivity index (χ4n) is 9.32. The van der Waals surface area contributed by atoms with Gasteiger partial charge < -0.3 is 20.3 Å². The van der Waals surface area contributed by atoms with Crippen molar-refractivity contribution in [1.82, 2.24) is 5.32 Å². The van der Waals surface area contributed by atoms with Crippen LogP contribution >= 0.6 is 0 Å². The molecule has 3 N–H and O–H groups in total. The Morgan fingerprint density at radius 2 is 0.667 bits per heavy atom. The summed E-state index contributed by atoms with van der Waals surface area (Å²) in [6, 6.07) is -0.692. The lowest BCUT2D eigenvalue weighted by Gasteiger charge is -2.24. The lowest BCUT2D eigenvalue weighted by Crippen LogP contribution is -2.46. The summed E-state index contributed by atoms with van der Waals surface area (Å²) in [7, 11) is 0. The van der Waals surface area contributed by atoms with E-state index in [0.717, 1.165) is 38.5 Å². The highest BCUT2D eigenvalue weighted by molar-refractivity contribution is 5.77. The third-order valence-electron chi connectivity index (χ3n) is 13.7. The maximum Gasteiger partial charge on any atom is 0.306 e. The number of carbonyl (C=O) groups is 2. The molecule has 0 aliphatic carbocycles. The van der Waals surface area contributed by atoms with Crippen molar-refractivity contribution < 1.29 is 24.5 Å². The number of esters is 1. The molecule has 0 spiro atoms. The first kappa shape index (κ1) is 61.9. The first-order valence-corrected chi connectivity index (χ1v) is 28.8. The van der Waals surface area contributed by atoms with E-state index in [-0.39, 0.29) is 24.9 Å². The van der Waals surface area contributed by atoms with Crippen molar-refractivity contribution in [3.8, 4) is 0 Å².